The molecular weight excluding hydrogens is 723 g/mol. The highest BCUT2D eigenvalue weighted by molar-refractivity contribution is 7.46. The minimum atomic E-state index is -4.83. The van der Waals surface area contributed by atoms with Gasteiger partial charge in [-0.15, -0.1) is 0 Å². The third-order valence-electron chi connectivity index (χ3n) is 9.12. The molecule has 0 saturated heterocycles. The quantitative estimate of drug-likeness (QED) is 0.0221. The molecule has 1 aliphatic rings. The van der Waals surface area contributed by atoms with E-state index in [0.717, 1.165) is 70.6 Å². The number of ether oxygens (including phenoxy) is 2. The van der Waals surface area contributed by atoms with Crippen LogP contribution in [-0.2, 0) is 32.9 Å². The highest BCUT2D eigenvalue weighted by atomic mass is 31.2. The number of carbonyl (C=O) groups excluding carboxylic acids is 3. The van der Waals surface area contributed by atoms with E-state index in [4.69, 9.17) is 19.3 Å². The van der Waals surface area contributed by atoms with Crippen molar-refractivity contribution in [1.82, 2.24) is 0 Å². The average molecular weight is 793 g/mol. The SMILES string of the molecule is CC/C=C\C/C=C\C/C=C\C/C=C\C/C=C\CCCC(=O)O[C@H](COC(=O)CCCCCC[C@H]1[C@@H](O)CC(=O)[C@@H]1/C=C/[C@@H](O)CCCCC)COP(=O)(O)O. The highest BCUT2D eigenvalue weighted by Crippen LogP contribution is 2.36. The van der Waals surface area contributed by atoms with Crippen LogP contribution < -0.4 is 0 Å². The van der Waals surface area contributed by atoms with Crippen molar-refractivity contribution in [2.45, 2.75) is 154 Å². The first-order valence-corrected chi connectivity index (χ1v) is 21.9. The minimum Gasteiger partial charge on any atom is -0.462 e. The van der Waals surface area contributed by atoms with E-state index >= 15 is 0 Å². The normalized spacial score (nSPS) is 19.3. The number of rotatable bonds is 32. The molecule has 12 heteroatoms. The molecule has 0 amide bonds. The third-order valence-corrected chi connectivity index (χ3v) is 9.60. The molecule has 0 aromatic rings. The molecular formula is C43H69O11P. The Hall–Kier alpha value is -2.92. The van der Waals surface area contributed by atoms with Gasteiger partial charge >= 0.3 is 19.8 Å². The summed E-state index contributed by atoms with van der Waals surface area (Å²) in [6.07, 6.45) is 35.4. The van der Waals surface area contributed by atoms with Crippen LogP contribution in [0.3, 0.4) is 0 Å². The summed E-state index contributed by atoms with van der Waals surface area (Å²) in [5.41, 5.74) is 0. The number of phosphoric acid groups is 1. The van der Waals surface area contributed by atoms with Crippen LogP contribution in [0, 0.1) is 11.8 Å². The lowest BCUT2D eigenvalue weighted by atomic mass is 9.88. The number of hydrogen-bond donors (Lipinski definition) is 4. The number of carbonyl (C=O) groups is 3. The Kier molecular flexibility index (Phi) is 29.3. The number of phosphoric ester groups is 1. The molecule has 5 atom stereocenters. The Bertz CT molecular complexity index is 1280. The predicted octanol–water partition coefficient (Wildman–Crippen LogP) is 8.88. The van der Waals surface area contributed by atoms with Gasteiger partial charge in [-0.3, -0.25) is 18.9 Å². The number of aliphatic hydroxyl groups is 2. The predicted molar refractivity (Wildman–Crippen MR) is 217 cm³/mol. The van der Waals surface area contributed by atoms with Gasteiger partial charge in [0.05, 0.1) is 18.8 Å². The number of allylic oxidation sites excluding steroid dienone is 11. The Morgan fingerprint density at radius 1 is 0.782 bits per heavy atom. The first-order chi connectivity index (χ1) is 26.5. The molecule has 0 heterocycles. The number of unbranched alkanes of at least 4 members (excludes halogenated alkanes) is 6. The molecule has 0 unspecified atom stereocenters. The van der Waals surface area contributed by atoms with Crippen molar-refractivity contribution in [3.63, 3.8) is 0 Å². The number of Topliss-reactive ketones (excluding diaryl/α,β-unsaturated/α-hetero) is 1. The Morgan fingerprint density at radius 3 is 2.00 bits per heavy atom. The Morgan fingerprint density at radius 2 is 1.38 bits per heavy atom. The number of aliphatic hydroxyl groups excluding tert-OH is 2. The maximum absolute atomic E-state index is 12.5. The van der Waals surface area contributed by atoms with E-state index < -0.39 is 57.2 Å². The van der Waals surface area contributed by atoms with Crippen LogP contribution in [0.4, 0.5) is 0 Å². The summed E-state index contributed by atoms with van der Waals surface area (Å²) < 4.78 is 26.3. The molecule has 0 aromatic heterocycles. The zero-order valence-electron chi connectivity index (χ0n) is 33.3. The topological polar surface area (TPSA) is 177 Å². The van der Waals surface area contributed by atoms with Crippen molar-refractivity contribution in [1.29, 1.82) is 0 Å². The van der Waals surface area contributed by atoms with Crippen LogP contribution in [0.25, 0.3) is 0 Å². The van der Waals surface area contributed by atoms with Crippen LogP contribution in [0.5, 0.6) is 0 Å². The maximum Gasteiger partial charge on any atom is 0.469 e. The standard InChI is InChI=1S/C43H69O11P/c1-3-5-7-8-9-10-11-12-13-14-15-16-17-18-19-20-26-30-43(48)54-37(35-53-55(49,50)51)34-52-42(47)29-25-22-21-24-28-38-39(41(46)33-40(38)45)32-31-36(44)27-23-6-4-2/h5,7,9-10,12-13,15-16,18-19,31-32,36-40,44-45H,3-4,6,8,11,14,17,20-30,33-35H2,1-2H3,(H2,49,50,51)/b7-5-,10-9-,13-12-,16-15-,19-18-,32-31+/t36-,37+,38+,39+,40-/m0/s1. The van der Waals surface area contributed by atoms with Gasteiger partial charge in [-0.2, -0.15) is 0 Å². The lowest BCUT2D eigenvalue weighted by molar-refractivity contribution is -0.161. The van der Waals surface area contributed by atoms with Gasteiger partial charge in [-0.1, -0.05) is 125 Å². The van der Waals surface area contributed by atoms with E-state index in [9.17, 15) is 29.2 Å². The molecule has 0 aliphatic heterocycles. The van der Waals surface area contributed by atoms with Gasteiger partial charge in [-0.05, 0) is 70.1 Å². The summed E-state index contributed by atoms with van der Waals surface area (Å²) in [5, 5.41) is 20.7. The Labute approximate surface area is 329 Å². The smallest absolute Gasteiger partial charge is 0.462 e. The molecule has 0 bridgehead atoms. The fourth-order valence-electron chi connectivity index (χ4n) is 6.08. The summed E-state index contributed by atoms with van der Waals surface area (Å²) in [4.78, 5) is 55.5. The fourth-order valence-corrected chi connectivity index (χ4v) is 6.44. The van der Waals surface area contributed by atoms with E-state index in [2.05, 4.69) is 67.0 Å². The second-order valence-corrected chi connectivity index (χ2v) is 15.2. The van der Waals surface area contributed by atoms with Crippen LogP contribution in [-0.4, -0.2) is 69.2 Å². The molecule has 11 nitrogen and oxygen atoms in total. The average Bonchev–Trinajstić information content (AvgIpc) is 3.41. The van der Waals surface area contributed by atoms with Gasteiger partial charge < -0.3 is 29.5 Å². The van der Waals surface area contributed by atoms with Gasteiger partial charge in [-0.25, -0.2) is 4.57 Å². The largest absolute Gasteiger partial charge is 0.469 e. The zero-order valence-corrected chi connectivity index (χ0v) is 34.2. The number of esters is 2. The third kappa shape index (κ3) is 28.2. The van der Waals surface area contributed by atoms with Crippen LogP contribution >= 0.6 is 7.82 Å². The molecule has 0 spiro atoms. The van der Waals surface area contributed by atoms with Crippen molar-refractivity contribution in [2.75, 3.05) is 13.2 Å². The second-order valence-electron chi connectivity index (χ2n) is 14.0. The first kappa shape index (κ1) is 50.1. The second kappa shape index (κ2) is 32.2. The fraction of sp³-hybridized carbons (Fsp3) is 0.651. The molecule has 1 aliphatic carbocycles. The van der Waals surface area contributed by atoms with Gasteiger partial charge in [0.25, 0.3) is 0 Å². The Balaban J connectivity index is 2.32. The van der Waals surface area contributed by atoms with Crippen LogP contribution in [0.2, 0.25) is 0 Å². The van der Waals surface area contributed by atoms with Crippen molar-refractivity contribution < 1.29 is 52.9 Å². The summed E-state index contributed by atoms with van der Waals surface area (Å²) in [6, 6.07) is 0. The van der Waals surface area contributed by atoms with Gasteiger partial charge in [0.1, 0.15) is 12.4 Å². The van der Waals surface area contributed by atoms with Gasteiger partial charge in [0.15, 0.2) is 6.10 Å². The van der Waals surface area contributed by atoms with Gasteiger partial charge in [0, 0.05) is 25.2 Å². The molecule has 4 N–H and O–H groups in total. The van der Waals surface area contributed by atoms with Crippen molar-refractivity contribution in [3.05, 3.63) is 72.9 Å². The first-order valence-electron chi connectivity index (χ1n) is 20.3. The van der Waals surface area contributed by atoms with Crippen LogP contribution in [0.15, 0.2) is 72.9 Å². The van der Waals surface area contributed by atoms with Crippen molar-refractivity contribution in [3.8, 4) is 0 Å². The lowest BCUT2D eigenvalue weighted by Gasteiger charge is -2.19. The summed E-state index contributed by atoms with van der Waals surface area (Å²) in [7, 11) is -4.83. The molecule has 0 aromatic carbocycles. The van der Waals surface area contributed by atoms with Crippen LogP contribution in [0.1, 0.15) is 136 Å². The lowest BCUT2D eigenvalue weighted by Crippen LogP contribution is -2.29. The maximum atomic E-state index is 12.5. The summed E-state index contributed by atoms with van der Waals surface area (Å²) in [5.74, 6) is -1.71. The molecule has 0 radical (unpaired) electrons. The molecule has 312 valence electrons. The number of hydrogen-bond acceptors (Lipinski definition) is 9. The summed E-state index contributed by atoms with van der Waals surface area (Å²) in [6.45, 7) is 3.20. The van der Waals surface area contributed by atoms with E-state index in [1.165, 1.54) is 0 Å². The highest BCUT2D eigenvalue weighted by Gasteiger charge is 2.39. The molecule has 1 rings (SSSR count). The van der Waals surface area contributed by atoms with Gasteiger partial charge in [0.2, 0.25) is 0 Å². The molecule has 1 saturated carbocycles. The number of ketones is 1. The van der Waals surface area contributed by atoms with E-state index in [0.29, 0.717) is 32.1 Å². The van der Waals surface area contributed by atoms with Crippen molar-refractivity contribution in [2.24, 2.45) is 11.8 Å². The van der Waals surface area contributed by atoms with Crippen molar-refractivity contribution >= 4 is 25.5 Å². The molecule has 1 fully saturated rings. The summed E-state index contributed by atoms with van der Waals surface area (Å²) >= 11 is 0. The monoisotopic (exact) mass is 792 g/mol. The van der Waals surface area contributed by atoms with E-state index in [-0.39, 0.29) is 31.0 Å². The van der Waals surface area contributed by atoms with E-state index in [1.807, 2.05) is 12.2 Å². The molecule has 55 heavy (non-hydrogen) atoms. The zero-order chi connectivity index (χ0) is 40.6. The minimum absolute atomic E-state index is 0.00577. The van der Waals surface area contributed by atoms with E-state index in [1.54, 1.807) is 12.2 Å².